The van der Waals surface area contributed by atoms with Crippen molar-refractivity contribution >= 4 is 11.8 Å². The first-order valence-corrected chi connectivity index (χ1v) is 6.27. The highest BCUT2D eigenvalue weighted by Gasteiger charge is 2.26. The van der Waals surface area contributed by atoms with Crippen molar-refractivity contribution in [1.29, 1.82) is 0 Å². The molecule has 1 aliphatic rings. The number of carboxylic acids is 1. The molecular formula is C12H15F2N3O3. The van der Waals surface area contributed by atoms with Gasteiger partial charge in [0.25, 0.3) is 5.56 Å². The fourth-order valence-electron chi connectivity index (χ4n) is 2.34. The zero-order valence-electron chi connectivity index (χ0n) is 10.7. The molecule has 110 valence electrons. The van der Waals surface area contributed by atoms with E-state index in [9.17, 15) is 18.4 Å². The lowest BCUT2D eigenvalue weighted by molar-refractivity contribution is -0.137. The Bertz CT molecular complexity index is 547. The number of carboxylic acid groups (broad SMARTS) is 1. The van der Waals surface area contributed by atoms with Crippen LogP contribution < -0.4 is 10.5 Å². The molecule has 0 spiro atoms. The third kappa shape index (κ3) is 3.52. The third-order valence-corrected chi connectivity index (χ3v) is 3.29. The third-order valence-electron chi connectivity index (χ3n) is 3.29. The number of hydrogen-bond donors (Lipinski definition) is 1. The largest absolute Gasteiger partial charge is 0.480 e. The Morgan fingerprint density at radius 2 is 2.30 bits per heavy atom. The predicted molar refractivity (Wildman–Crippen MR) is 67.1 cm³/mol. The van der Waals surface area contributed by atoms with E-state index >= 15 is 0 Å². The lowest BCUT2D eigenvalue weighted by Gasteiger charge is -2.17. The Labute approximate surface area is 113 Å². The maximum atomic E-state index is 12.3. The van der Waals surface area contributed by atoms with Crippen molar-refractivity contribution in [3.63, 3.8) is 0 Å². The summed E-state index contributed by atoms with van der Waals surface area (Å²) >= 11 is 0. The van der Waals surface area contributed by atoms with Crippen molar-refractivity contribution in [2.24, 2.45) is 5.92 Å². The molecule has 1 N–H and O–H groups in total. The fraction of sp³-hybridized carbons (Fsp3) is 0.583. The van der Waals surface area contributed by atoms with Gasteiger partial charge in [0.2, 0.25) is 6.43 Å². The number of rotatable bonds is 5. The molecule has 0 bridgehead atoms. The smallest absolute Gasteiger partial charge is 0.323 e. The Hall–Kier alpha value is -1.99. The molecule has 1 saturated heterocycles. The quantitative estimate of drug-likeness (QED) is 0.867. The number of aromatic nitrogens is 2. The van der Waals surface area contributed by atoms with E-state index in [0.29, 0.717) is 25.3 Å². The standard InChI is InChI=1S/C12H15F2N3O3/c13-9(14)3-8-1-2-16(5-8)10-4-11(18)17(7-15-10)6-12(19)20/h4,7-9H,1-3,5-6H2,(H,19,20). The van der Waals surface area contributed by atoms with Crippen LogP contribution in [0.4, 0.5) is 14.6 Å². The van der Waals surface area contributed by atoms with Crippen molar-refractivity contribution in [1.82, 2.24) is 9.55 Å². The Morgan fingerprint density at radius 1 is 1.55 bits per heavy atom. The van der Waals surface area contributed by atoms with Gasteiger partial charge in [-0.25, -0.2) is 13.8 Å². The van der Waals surface area contributed by atoms with Crippen molar-refractivity contribution in [3.8, 4) is 0 Å². The minimum absolute atomic E-state index is 0.0988. The van der Waals surface area contributed by atoms with Gasteiger partial charge in [0.1, 0.15) is 18.7 Å². The molecule has 1 unspecified atom stereocenters. The van der Waals surface area contributed by atoms with Gasteiger partial charge in [-0.15, -0.1) is 0 Å². The van der Waals surface area contributed by atoms with E-state index in [4.69, 9.17) is 5.11 Å². The number of halogens is 2. The summed E-state index contributed by atoms with van der Waals surface area (Å²) in [5.74, 6) is -0.813. The van der Waals surface area contributed by atoms with Gasteiger partial charge >= 0.3 is 5.97 Å². The second-order valence-corrected chi connectivity index (χ2v) is 4.83. The summed E-state index contributed by atoms with van der Waals surface area (Å²) < 4.78 is 25.6. The zero-order chi connectivity index (χ0) is 14.7. The number of alkyl halides is 2. The average molecular weight is 287 g/mol. The highest BCUT2D eigenvalue weighted by molar-refractivity contribution is 5.66. The first kappa shape index (κ1) is 14.4. The molecule has 0 saturated carbocycles. The minimum atomic E-state index is -2.32. The van der Waals surface area contributed by atoms with Crippen LogP contribution in [0, 0.1) is 5.92 Å². The number of anilines is 1. The van der Waals surface area contributed by atoms with Gasteiger partial charge in [-0.05, 0) is 12.3 Å². The monoisotopic (exact) mass is 287 g/mol. The van der Waals surface area contributed by atoms with Gasteiger partial charge in [0.15, 0.2) is 0 Å². The van der Waals surface area contributed by atoms with Crippen LogP contribution in [0.2, 0.25) is 0 Å². The van der Waals surface area contributed by atoms with E-state index in [1.54, 1.807) is 4.90 Å². The van der Waals surface area contributed by atoms with Crippen molar-refractivity contribution < 1.29 is 18.7 Å². The summed E-state index contributed by atoms with van der Waals surface area (Å²) in [7, 11) is 0. The molecule has 1 aromatic heterocycles. The molecule has 0 amide bonds. The van der Waals surface area contributed by atoms with E-state index in [1.807, 2.05) is 0 Å². The molecule has 1 atom stereocenters. The van der Waals surface area contributed by atoms with Crippen LogP contribution in [0.1, 0.15) is 12.8 Å². The van der Waals surface area contributed by atoms with Crippen LogP contribution >= 0.6 is 0 Å². The Morgan fingerprint density at radius 3 is 2.90 bits per heavy atom. The van der Waals surface area contributed by atoms with Crippen LogP contribution in [0.25, 0.3) is 0 Å². The van der Waals surface area contributed by atoms with Crippen LogP contribution in [-0.2, 0) is 11.3 Å². The summed E-state index contributed by atoms with van der Waals surface area (Å²) in [5, 5.41) is 8.62. The minimum Gasteiger partial charge on any atom is -0.480 e. The number of hydrogen-bond acceptors (Lipinski definition) is 4. The molecule has 20 heavy (non-hydrogen) atoms. The second kappa shape index (κ2) is 5.98. The molecule has 2 rings (SSSR count). The molecule has 1 fully saturated rings. The van der Waals surface area contributed by atoms with Crippen molar-refractivity contribution in [2.45, 2.75) is 25.8 Å². The first-order chi connectivity index (χ1) is 9.45. The van der Waals surface area contributed by atoms with Crippen molar-refractivity contribution in [3.05, 3.63) is 22.7 Å². The maximum Gasteiger partial charge on any atom is 0.323 e. The van der Waals surface area contributed by atoms with E-state index in [-0.39, 0.29) is 12.3 Å². The highest BCUT2D eigenvalue weighted by atomic mass is 19.3. The summed E-state index contributed by atoms with van der Waals surface area (Å²) in [6, 6.07) is 1.24. The number of aliphatic carboxylic acids is 1. The molecule has 8 heteroatoms. The Balaban J connectivity index is 2.05. The number of nitrogens with zero attached hydrogens (tertiary/aromatic N) is 3. The van der Waals surface area contributed by atoms with Crippen LogP contribution in [0.5, 0.6) is 0 Å². The van der Waals surface area contributed by atoms with Gasteiger partial charge in [0.05, 0.1) is 0 Å². The topological polar surface area (TPSA) is 75.4 Å². The summed E-state index contributed by atoms with van der Waals surface area (Å²) in [5.41, 5.74) is -0.463. The molecule has 0 aliphatic carbocycles. The molecule has 0 aromatic carbocycles. The SMILES string of the molecule is O=C(O)Cn1cnc(N2CCC(CC(F)F)C2)cc1=O. The van der Waals surface area contributed by atoms with E-state index in [2.05, 4.69) is 4.98 Å². The van der Waals surface area contributed by atoms with Gasteiger partial charge in [0, 0.05) is 25.6 Å². The normalized spacial score (nSPS) is 18.8. The molecule has 1 aliphatic heterocycles. The zero-order valence-corrected chi connectivity index (χ0v) is 10.7. The van der Waals surface area contributed by atoms with Crippen LogP contribution in [0.15, 0.2) is 17.2 Å². The van der Waals surface area contributed by atoms with Gasteiger partial charge in [-0.1, -0.05) is 0 Å². The predicted octanol–water partition coefficient (Wildman–Crippen LogP) is 0.809. The average Bonchev–Trinajstić information content (AvgIpc) is 2.78. The molecule has 6 nitrogen and oxygen atoms in total. The fourth-order valence-corrected chi connectivity index (χ4v) is 2.34. The lowest BCUT2D eigenvalue weighted by Crippen LogP contribution is -2.28. The van der Waals surface area contributed by atoms with Gasteiger partial charge in [-0.3, -0.25) is 14.2 Å². The van der Waals surface area contributed by atoms with Crippen molar-refractivity contribution in [2.75, 3.05) is 18.0 Å². The maximum absolute atomic E-state index is 12.3. The second-order valence-electron chi connectivity index (χ2n) is 4.83. The molecule has 0 radical (unpaired) electrons. The molecule has 2 heterocycles. The first-order valence-electron chi connectivity index (χ1n) is 6.27. The summed E-state index contributed by atoms with van der Waals surface area (Å²) in [6.07, 6.45) is -0.653. The van der Waals surface area contributed by atoms with Crippen LogP contribution in [0.3, 0.4) is 0 Å². The highest BCUT2D eigenvalue weighted by Crippen LogP contribution is 2.25. The summed E-state index contributed by atoms with van der Waals surface area (Å²) in [6.45, 7) is 0.576. The van der Waals surface area contributed by atoms with Gasteiger partial charge < -0.3 is 10.0 Å². The van der Waals surface area contributed by atoms with E-state index < -0.39 is 24.5 Å². The Kier molecular flexibility index (Phi) is 4.31. The van der Waals surface area contributed by atoms with E-state index in [1.165, 1.54) is 12.4 Å². The molecular weight excluding hydrogens is 272 g/mol. The van der Waals surface area contributed by atoms with E-state index in [0.717, 1.165) is 4.57 Å². The van der Waals surface area contributed by atoms with Crippen LogP contribution in [-0.4, -0.2) is 40.1 Å². The molecule has 1 aromatic rings. The lowest BCUT2D eigenvalue weighted by atomic mass is 10.1. The van der Waals surface area contributed by atoms with Gasteiger partial charge in [-0.2, -0.15) is 0 Å². The number of carbonyl (C=O) groups is 1. The summed E-state index contributed by atoms with van der Waals surface area (Å²) in [4.78, 5) is 28.0.